The molecular formula is C16H15F3N2O5S2. The highest BCUT2D eigenvalue weighted by Crippen LogP contribution is 2.36. The molecule has 1 aromatic heterocycles. The molecule has 152 valence electrons. The van der Waals surface area contributed by atoms with E-state index in [9.17, 15) is 31.2 Å². The van der Waals surface area contributed by atoms with Crippen LogP contribution in [0.25, 0.3) is 0 Å². The van der Waals surface area contributed by atoms with Gasteiger partial charge in [0.15, 0.2) is 20.7 Å². The van der Waals surface area contributed by atoms with Crippen LogP contribution in [-0.4, -0.2) is 38.1 Å². The minimum atomic E-state index is -4.89. The van der Waals surface area contributed by atoms with Gasteiger partial charge in [-0.05, 0) is 24.6 Å². The van der Waals surface area contributed by atoms with Crippen molar-refractivity contribution in [2.75, 3.05) is 18.2 Å². The van der Waals surface area contributed by atoms with Gasteiger partial charge in [-0.2, -0.15) is 13.2 Å². The van der Waals surface area contributed by atoms with Crippen molar-refractivity contribution in [2.45, 2.75) is 18.9 Å². The molecule has 0 saturated heterocycles. The number of hydrogen-bond donors (Lipinski definition) is 1. The fourth-order valence-corrected chi connectivity index (χ4v) is 3.80. The molecule has 0 radical (unpaired) electrons. The minimum Gasteiger partial charge on any atom is -0.462 e. The lowest BCUT2D eigenvalue weighted by Gasteiger charge is -2.05. The molecule has 0 saturated carbocycles. The maximum atomic E-state index is 13.1. The first-order valence-electron chi connectivity index (χ1n) is 7.74. The van der Waals surface area contributed by atoms with E-state index in [4.69, 9.17) is 0 Å². The normalized spacial score (nSPS) is 11.9. The van der Waals surface area contributed by atoms with E-state index in [1.165, 1.54) is 31.2 Å². The number of nitrogens with zero attached hydrogens (tertiary/aromatic N) is 1. The summed E-state index contributed by atoms with van der Waals surface area (Å²) < 4.78 is 66.3. The second kappa shape index (κ2) is 8.27. The lowest BCUT2D eigenvalue weighted by atomic mass is 10.1. The van der Waals surface area contributed by atoms with E-state index in [1.54, 1.807) is 0 Å². The van der Waals surface area contributed by atoms with E-state index >= 15 is 0 Å². The molecular weight excluding hydrogens is 421 g/mol. The molecule has 0 unspecified atom stereocenters. The highest BCUT2D eigenvalue weighted by atomic mass is 32.2. The molecule has 1 N–H and O–H groups in total. The summed E-state index contributed by atoms with van der Waals surface area (Å²) in [4.78, 5) is 26.5. The second-order valence-electron chi connectivity index (χ2n) is 5.64. The third-order valence-corrected chi connectivity index (χ3v) is 5.03. The number of sulfone groups is 1. The first kappa shape index (κ1) is 21.8. The molecule has 0 aliphatic heterocycles. The average Bonchev–Trinajstić information content (AvgIpc) is 2.98. The fourth-order valence-electron chi connectivity index (χ4n) is 2.13. The summed E-state index contributed by atoms with van der Waals surface area (Å²) in [6.45, 7) is 1.33. The summed E-state index contributed by atoms with van der Waals surface area (Å²) in [6.07, 6.45) is -3.83. The van der Waals surface area contributed by atoms with E-state index in [-0.39, 0.29) is 17.9 Å². The lowest BCUT2D eigenvalue weighted by molar-refractivity contribution is -0.141. The number of amides is 1. The van der Waals surface area contributed by atoms with Gasteiger partial charge in [-0.15, -0.1) is 0 Å². The number of thiazole rings is 1. The van der Waals surface area contributed by atoms with Crippen LogP contribution in [0.15, 0.2) is 24.3 Å². The van der Waals surface area contributed by atoms with Gasteiger partial charge in [-0.3, -0.25) is 10.1 Å². The zero-order valence-corrected chi connectivity index (χ0v) is 16.3. The summed E-state index contributed by atoms with van der Waals surface area (Å²) >= 11 is 0.352. The van der Waals surface area contributed by atoms with Crippen LogP contribution in [-0.2, 0) is 26.5 Å². The van der Waals surface area contributed by atoms with Crippen molar-refractivity contribution in [3.8, 4) is 0 Å². The standard InChI is InChI=1S/C16H15F3N2O5S2/c1-3-26-14(23)11-12(16(17,18)19)20-15(27-11)21-13(22)10-6-4-9(5-7-10)8-28(2,24)25/h4-7H,3,8H2,1-2H3,(H,20,21,22). The van der Waals surface area contributed by atoms with Crippen molar-refractivity contribution in [2.24, 2.45) is 0 Å². The molecule has 2 aromatic rings. The maximum Gasteiger partial charge on any atom is 0.435 e. The summed E-state index contributed by atoms with van der Waals surface area (Å²) in [7, 11) is -3.25. The average molecular weight is 436 g/mol. The molecule has 0 aliphatic carbocycles. The van der Waals surface area contributed by atoms with Crippen LogP contribution in [0.3, 0.4) is 0 Å². The highest BCUT2D eigenvalue weighted by molar-refractivity contribution is 7.89. The Morgan fingerprint density at radius 1 is 1.21 bits per heavy atom. The van der Waals surface area contributed by atoms with Crippen molar-refractivity contribution in [1.82, 2.24) is 4.98 Å². The molecule has 7 nitrogen and oxygen atoms in total. The van der Waals surface area contributed by atoms with Gasteiger partial charge in [0, 0.05) is 11.8 Å². The number of hydrogen-bond acceptors (Lipinski definition) is 7. The van der Waals surface area contributed by atoms with Gasteiger partial charge >= 0.3 is 12.1 Å². The number of carbonyl (C=O) groups is 2. The van der Waals surface area contributed by atoms with Gasteiger partial charge in [0.05, 0.1) is 12.4 Å². The Hall–Kier alpha value is -2.47. The van der Waals surface area contributed by atoms with Crippen LogP contribution in [0.4, 0.5) is 18.3 Å². The Morgan fingerprint density at radius 2 is 1.82 bits per heavy atom. The zero-order valence-electron chi connectivity index (χ0n) is 14.7. The number of rotatable bonds is 6. The van der Waals surface area contributed by atoms with Gasteiger partial charge in [0.1, 0.15) is 4.88 Å². The monoisotopic (exact) mass is 436 g/mol. The van der Waals surface area contributed by atoms with Crippen LogP contribution < -0.4 is 5.32 Å². The van der Waals surface area contributed by atoms with Gasteiger partial charge in [-0.25, -0.2) is 18.2 Å². The second-order valence-corrected chi connectivity index (χ2v) is 8.78. The number of benzene rings is 1. The molecule has 1 amide bonds. The molecule has 1 aromatic carbocycles. The summed E-state index contributed by atoms with van der Waals surface area (Å²) in [5, 5.41) is 1.78. The molecule has 0 aliphatic rings. The number of anilines is 1. The first-order chi connectivity index (χ1) is 12.9. The van der Waals surface area contributed by atoms with Crippen molar-refractivity contribution in [1.29, 1.82) is 0 Å². The number of ether oxygens (including phenoxy) is 1. The zero-order chi connectivity index (χ0) is 21.1. The number of aromatic nitrogens is 1. The summed E-state index contributed by atoms with van der Waals surface area (Å²) in [6, 6.07) is 5.51. The van der Waals surface area contributed by atoms with Crippen molar-refractivity contribution in [3.05, 3.63) is 46.0 Å². The lowest BCUT2D eigenvalue weighted by Crippen LogP contribution is -2.14. The Balaban J connectivity index is 2.23. The summed E-state index contributed by atoms with van der Waals surface area (Å²) in [5.41, 5.74) is -0.898. The number of carbonyl (C=O) groups excluding carboxylic acids is 2. The van der Waals surface area contributed by atoms with Gasteiger partial charge in [0.25, 0.3) is 5.91 Å². The van der Waals surface area contributed by atoms with Gasteiger partial charge < -0.3 is 4.74 Å². The van der Waals surface area contributed by atoms with Crippen LogP contribution in [0.2, 0.25) is 0 Å². The third-order valence-electron chi connectivity index (χ3n) is 3.22. The molecule has 0 spiro atoms. The van der Waals surface area contributed by atoms with Crippen molar-refractivity contribution in [3.63, 3.8) is 0 Å². The Bertz CT molecular complexity index is 983. The van der Waals surface area contributed by atoms with Crippen LogP contribution in [0.5, 0.6) is 0 Å². The number of nitrogens with one attached hydrogen (secondary N) is 1. The largest absolute Gasteiger partial charge is 0.462 e. The van der Waals surface area contributed by atoms with Crippen molar-refractivity contribution >= 4 is 38.2 Å². The van der Waals surface area contributed by atoms with E-state index < -0.39 is 43.6 Å². The fraction of sp³-hybridized carbons (Fsp3) is 0.312. The molecule has 12 heteroatoms. The SMILES string of the molecule is CCOC(=O)c1sc(NC(=O)c2ccc(CS(C)(=O)=O)cc2)nc1C(F)(F)F. The molecule has 1 heterocycles. The summed E-state index contributed by atoms with van der Waals surface area (Å²) in [5.74, 6) is -2.15. The van der Waals surface area contributed by atoms with Crippen LogP contribution >= 0.6 is 11.3 Å². The third kappa shape index (κ3) is 5.76. The van der Waals surface area contributed by atoms with Crippen LogP contribution in [0, 0.1) is 0 Å². The van der Waals surface area contributed by atoms with Gasteiger partial charge in [-0.1, -0.05) is 23.5 Å². The van der Waals surface area contributed by atoms with E-state index in [0.717, 1.165) is 6.26 Å². The number of esters is 1. The number of halogens is 3. The predicted molar refractivity (Wildman–Crippen MR) is 96.0 cm³/mol. The minimum absolute atomic E-state index is 0.0821. The first-order valence-corrected chi connectivity index (χ1v) is 10.6. The van der Waals surface area contributed by atoms with E-state index in [0.29, 0.717) is 16.9 Å². The van der Waals surface area contributed by atoms with Gasteiger partial charge in [0.2, 0.25) is 0 Å². The predicted octanol–water partition coefficient (Wildman–Crippen LogP) is 3.14. The molecule has 0 bridgehead atoms. The molecule has 0 fully saturated rings. The Kier molecular flexibility index (Phi) is 6.44. The maximum absolute atomic E-state index is 13.1. The van der Waals surface area contributed by atoms with Crippen LogP contribution in [0.1, 0.15) is 38.2 Å². The van der Waals surface area contributed by atoms with Crippen molar-refractivity contribution < 1.29 is 35.9 Å². The highest BCUT2D eigenvalue weighted by Gasteiger charge is 2.40. The Labute approximate surface area is 162 Å². The Morgan fingerprint density at radius 3 is 2.32 bits per heavy atom. The van der Waals surface area contributed by atoms with E-state index in [2.05, 4.69) is 15.0 Å². The molecule has 0 atom stereocenters. The van der Waals surface area contributed by atoms with E-state index in [1.807, 2.05) is 0 Å². The smallest absolute Gasteiger partial charge is 0.435 e. The number of alkyl halides is 3. The molecule has 28 heavy (non-hydrogen) atoms. The quantitative estimate of drug-likeness (QED) is 0.698. The topological polar surface area (TPSA) is 102 Å². The molecule has 2 rings (SSSR count).